The molecule has 0 aliphatic heterocycles. The zero-order valence-electron chi connectivity index (χ0n) is 10.3. The third-order valence-corrected chi connectivity index (χ3v) is 2.48. The molecule has 0 fully saturated rings. The van der Waals surface area contributed by atoms with E-state index in [0.29, 0.717) is 12.8 Å². The first-order valence-corrected chi connectivity index (χ1v) is 5.64. The number of aliphatic carboxylic acids is 1. The van der Waals surface area contributed by atoms with E-state index in [2.05, 4.69) is 6.92 Å². The van der Waals surface area contributed by atoms with Crippen LogP contribution in [0.15, 0.2) is 12.2 Å². The molecule has 1 atom stereocenters. The van der Waals surface area contributed by atoms with Gasteiger partial charge in [-0.3, -0.25) is 4.79 Å². The van der Waals surface area contributed by atoms with E-state index in [-0.39, 0.29) is 5.91 Å². The quantitative estimate of drug-likeness (QED) is 0.677. The maximum atomic E-state index is 11.6. The number of rotatable bonds is 7. The summed E-state index contributed by atoms with van der Waals surface area (Å²) in [5, 5.41) is 8.73. The maximum Gasteiger partial charge on any atom is 0.326 e. The molecule has 1 N–H and O–H groups in total. The van der Waals surface area contributed by atoms with Crippen molar-refractivity contribution in [1.29, 1.82) is 0 Å². The van der Waals surface area contributed by atoms with E-state index < -0.39 is 12.0 Å². The Hall–Kier alpha value is -1.32. The molecular weight excluding hydrogens is 206 g/mol. The molecule has 0 heterocycles. The van der Waals surface area contributed by atoms with Crippen LogP contribution in [0.5, 0.6) is 0 Å². The molecule has 0 bridgehead atoms. The van der Waals surface area contributed by atoms with Crippen LogP contribution in [0, 0.1) is 0 Å². The van der Waals surface area contributed by atoms with Crippen LogP contribution >= 0.6 is 0 Å². The summed E-state index contributed by atoms with van der Waals surface area (Å²) < 4.78 is 0. The lowest BCUT2D eigenvalue weighted by Crippen LogP contribution is -2.40. The van der Waals surface area contributed by atoms with Crippen molar-refractivity contribution in [3.05, 3.63) is 12.2 Å². The maximum absolute atomic E-state index is 11.6. The normalized spacial score (nSPS) is 12.7. The van der Waals surface area contributed by atoms with Crippen LogP contribution in [0.3, 0.4) is 0 Å². The summed E-state index contributed by atoms with van der Waals surface area (Å²) in [5.41, 5.74) is 0. The number of unbranched alkanes of at least 4 members (excludes halogenated alkanes) is 1. The first-order valence-electron chi connectivity index (χ1n) is 5.64. The van der Waals surface area contributed by atoms with Gasteiger partial charge in [0.05, 0.1) is 0 Å². The molecule has 4 heteroatoms. The van der Waals surface area contributed by atoms with Crippen LogP contribution in [0.2, 0.25) is 0 Å². The second-order valence-corrected chi connectivity index (χ2v) is 3.82. The fourth-order valence-corrected chi connectivity index (χ4v) is 1.17. The molecule has 4 nitrogen and oxygen atoms in total. The molecule has 0 rings (SSSR count). The fraction of sp³-hybridized carbons (Fsp3) is 0.667. The summed E-state index contributed by atoms with van der Waals surface area (Å²) >= 11 is 0. The van der Waals surface area contributed by atoms with Crippen LogP contribution in [-0.4, -0.2) is 35.0 Å². The van der Waals surface area contributed by atoms with E-state index in [1.165, 1.54) is 18.9 Å². The zero-order chi connectivity index (χ0) is 12.6. The van der Waals surface area contributed by atoms with Crippen LogP contribution in [0.4, 0.5) is 0 Å². The van der Waals surface area contributed by atoms with Crippen molar-refractivity contribution in [1.82, 2.24) is 4.90 Å². The van der Waals surface area contributed by atoms with Gasteiger partial charge in [0.2, 0.25) is 5.91 Å². The van der Waals surface area contributed by atoms with E-state index in [1.54, 1.807) is 0 Å². The van der Waals surface area contributed by atoms with Gasteiger partial charge in [-0.05, 0) is 19.8 Å². The van der Waals surface area contributed by atoms with Gasteiger partial charge in [-0.2, -0.15) is 0 Å². The third kappa shape index (κ3) is 5.53. The highest BCUT2D eigenvalue weighted by Crippen LogP contribution is 2.03. The molecule has 0 aromatic carbocycles. The predicted octanol–water partition coefficient (Wildman–Crippen LogP) is 2.05. The van der Waals surface area contributed by atoms with Gasteiger partial charge in [0.15, 0.2) is 0 Å². The predicted molar refractivity (Wildman–Crippen MR) is 63.1 cm³/mol. The van der Waals surface area contributed by atoms with Crippen LogP contribution in [0.25, 0.3) is 0 Å². The van der Waals surface area contributed by atoms with Gasteiger partial charge in [-0.1, -0.05) is 25.5 Å². The highest BCUT2D eigenvalue weighted by atomic mass is 16.4. The minimum absolute atomic E-state index is 0.129. The summed E-state index contributed by atoms with van der Waals surface area (Å²) in [6, 6.07) is -0.757. The Morgan fingerprint density at radius 3 is 2.38 bits per heavy atom. The molecule has 1 unspecified atom stereocenters. The molecule has 16 heavy (non-hydrogen) atoms. The standard InChI is InChI=1S/C12H21NO3/c1-4-5-6-7-8-9-11(14)13(3)10(2)12(15)16/h6-7,10H,4-5,8-9H2,1-3H3,(H,15,16)/b7-6+. The molecule has 0 saturated heterocycles. The van der Waals surface area contributed by atoms with Gasteiger partial charge in [-0.15, -0.1) is 0 Å². The van der Waals surface area contributed by atoms with Crippen molar-refractivity contribution in [3.8, 4) is 0 Å². The molecule has 92 valence electrons. The van der Waals surface area contributed by atoms with Gasteiger partial charge in [-0.25, -0.2) is 4.79 Å². The lowest BCUT2D eigenvalue weighted by Gasteiger charge is -2.21. The smallest absolute Gasteiger partial charge is 0.326 e. The van der Waals surface area contributed by atoms with Crippen molar-refractivity contribution in [2.24, 2.45) is 0 Å². The Bertz CT molecular complexity index is 261. The van der Waals surface area contributed by atoms with E-state index in [9.17, 15) is 9.59 Å². The molecule has 0 spiro atoms. The minimum atomic E-state index is -0.975. The van der Waals surface area contributed by atoms with Crippen molar-refractivity contribution < 1.29 is 14.7 Å². The van der Waals surface area contributed by atoms with Gasteiger partial charge in [0, 0.05) is 13.5 Å². The summed E-state index contributed by atoms with van der Waals surface area (Å²) in [6.45, 7) is 3.60. The Morgan fingerprint density at radius 2 is 1.88 bits per heavy atom. The largest absolute Gasteiger partial charge is 0.480 e. The topological polar surface area (TPSA) is 57.6 Å². The average molecular weight is 227 g/mol. The number of carboxylic acids is 1. The lowest BCUT2D eigenvalue weighted by molar-refractivity contribution is -0.148. The third-order valence-electron chi connectivity index (χ3n) is 2.48. The molecule has 0 saturated carbocycles. The summed E-state index contributed by atoms with van der Waals surface area (Å²) in [4.78, 5) is 23.5. The summed E-state index contributed by atoms with van der Waals surface area (Å²) in [5.74, 6) is -1.10. The monoisotopic (exact) mass is 227 g/mol. The second kappa shape index (κ2) is 7.91. The van der Waals surface area contributed by atoms with Crippen LogP contribution in [-0.2, 0) is 9.59 Å². The Labute approximate surface area is 96.9 Å². The van der Waals surface area contributed by atoms with E-state index in [1.807, 2.05) is 12.2 Å². The number of likely N-dealkylation sites (N-methyl/N-ethyl adjacent to an activating group) is 1. The van der Waals surface area contributed by atoms with Gasteiger partial charge < -0.3 is 10.0 Å². The van der Waals surface area contributed by atoms with Crippen molar-refractivity contribution >= 4 is 11.9 Å². The highest BCUT2D eigenvalue weighted by Gasteiger charge is 2.20. The molecule has 0 aromatic heterocycles. The number of hydrogen-bond acceptors (Lipinski definition) is 2. The summed E-state index contributed by atoms with van der Waals surface area (Å²) in [6.07, 6.45) is 7.19. The number of carbonyl (C=O) groups is 2. The van der Waals surface area contributed by atoms with Gasteiger partial charge >= 0.3 is 5.97 Å². The molecule has 0 radical (unpaired) electrons. The number of allylic oxidation sites excluding steroid dienone is 2. The number of carboxylic acid groups (broad SMARTS) is 1. The van der Waals surface area contributed by atoms with E-state index in [4.69, 9.17) is 5.11 Å². The zero-order valence-corrected chi connectivity index (χ0v) is 10.3. The first-order chi connectivity index (χ1) is 7.50. The number of carbonyl (C=O) groups excluding carboxylic acids is 1. The van der Waals surface area contributed by atoms with E-state index in [0.717, 1.165) is 12.8 Å². The second-order valence-electron chi connectivity index (χ2n) is 3.82. The molecular formula is C12H21NO3. The van der Waals surface area contributed by atoms with E-state index >= 15 is 0 Å². The first kappa shape index (κ1) is 14.7. The number of amides is 1. The van der Waals surface area contributed by atoms with Crippen molar-refractivity contribution in [3.63, 3.8) is 0 Å². The minimum Gasteiger partial charge on any atom is -0.480 e. The van der Waals surface area contributed by atoms with Gasteiger partial charge in [0.1, 0.15) is 6.04 Å². The Kier molecular flexibility index (Phi) is 7.25. The number of hydrogen-bond donors (Lipinski definition) is 1. The fourth-order valence-electron chi connectivity index (χ4n) is 1.17. The van der Waals surface area contributed by atoms with Crippen molar-refractivity contribution in [2.75, 3.05) is 7.05 Å². The highest BCUT2D eigenvalue weighted by molar-refractivity contribution is 5.83. The molecule has 1 amide bonds. The Balaban J connectivity index is 3.93. The summed E-state index contributed by atoms with van der Waals surface area (Å²) in [7, 11) is 1.52. The Morgan fingerprint density at radius 1 is 1.31 bits per heavy atom. The average Bonchev–Trinajstić information content (AvgIpc) is 2.26. The molecule has 0 aliphatic rings. The molecule has 0 aromatic rings. The van der Waals surface area contributed by atoms with Crippen molar-refractivity contribution in [2.45, 2.75) is 45.6 Å². The van der Waals surface area contributed by atoms with Crippen LogP contribution in [0.1, 0.15) is 39.5 Å². The van der Waals surface area contributed by atoms with Gasteiger partial charge in [0.25, 0.3) is 0 Å². The van der Waals surface area contributed by atoms with Crippen LogP contribution < -0.4 is 0 Å². The number of nitrogens with zero attached hydrogens (tertiary/aromatic N) is 1. The molecule has 0 aliphatic carbocycles. The lowest BCUT2D eigenvalue weighted by atomic mass is 10.2. The SMILES string of the molecule is CCC/C=C/CCC(=O)N(C)C(C)C(=O)O.